The van der Waals surface area contributed by atoms with Crippen LogP contribution in [0, 0.1) is 0 Å². The maximum atomic E-state index is 11.5. The van der Waals surface area contributed by atoms with E-state index in [2.05, 4.69) is 20.8 Å². The molecule has 0 spiro atoms. The van der Waals surface area contributed by atoms with Gasteiger partial charge in [0.15, 0.2) is 0 Å². The molecule has 0 unspecified atom stereocenters. The molecule has 102 valence electrons. The summed E-state index contributed by atoms with van der Waals surface area (Å²) < 4.78 is 4.97. The fourth-order valence-corrected chi connectivity index (χ4v) is 1.34. The highest BCUT2D eigenvalue weighted by atomic mass is 16.3. The van der Waals surface area contributed by atoms with Gasteiger partial charge in [-0.25, -0.2) is 5.43 Å². The van der Waals surface area contributed by atoms with Crippen molar-refractivity contribution in [2.75, 3.05) is 0 Å². The summed E-state index contributed by atoms with van der Waals surface area (Å²) in [5.41, 5.74) is 2.90. The lowest BCUT2D eigenvalue weighted by Crippen LogP contribution is -2.37. The number of furan rings is 1. The van der Waals surface area contributed by atoms with Crippen molar-refractivity contribution in [3.8, 4) is 0 Å². The number of carbonyl (C=O) groups is 2. The quantitative estimate of drug-likeness (QED) is 0.479. The number of aromatic nitrogens is 1. The molecule has 0 saturated heterocycles. The molecule has 0 aromatic carbocycles. The first-order chi connectivity index (χ1) is 9.75. The first kappa shape index (κ1) is 13.5. The van der Waals surface area contributed by atoms with E-state index in [1.165, 1.54) is 12.5 Å². The zero-order valence-electron chi connectivity index (χ0n) is 10.4. The van der Waals surface area contributed by atoms with Crippen LogP contribution in [0.1, 0.15) is 11.3 Å². The van der Waals surface area contributed by atoms with Gasteiger partial charge in [0.25, 0.3) is 0 Å². The molecule has 0 saturated carbocycles. The largest absolute Gasteiger partial charge is 0.463 e. The van der Waals surface area contributed by atoms with Crippen LogP contribution in [0.5, 0.6) is 0 Å². The van der Waals surface area contributed by atoms with Crippen molar-refractivity contribution < 1.29 is 14.0 Å². The Morgan fingerprint density at radius 2 is 2.20 bits per heavy atom. The second-order valence-corrected chi connectivity index (χ2v) is 3.76. The molecule has 0 aliphatic heterocycles. The second-order valence-electron chi connectivity index (χ2n) is 3.76. The number of hydrogen-bond donors (Lipinski definition) is 2. The topological polar surface area (TPSA) is 96.6 Å². The van der Waals surface area contributed by atoms with Crippen LogP contribution in [0.3, 0.4) is 0 Å². The minimum Gasteiger partial charge on any atom is -0.463 e. The van der Waals surface area contributed by atoms with E-state index < -0.39 is 11.8 Å². The first-order valence-electron chi connectivity index (χ1n) is 5.79. The predicted molar refractivity (Wildman–Crippen MR) is 70.5 cm³/mol. The smallest absolute Gasteiger partial charge is 0.329 e. The van der Waals surface area contributed by atoms with Crippen LogP contribution in [0.2, 0.25) is 0 Å². The van der Waals surface area contributed by atoms with E-state index in [0.29, 0.717) is 5.76 Å². The molecule has 2 aromatic heterocycles. The van der Waals surface area contributed by atoms with Gasteiger partial charge < -0.3 is 9.73 Å². The minimum absolute atomic E-state index is 0.224. The van der Waals surface area contributed by atoms with Crippen molar-refractivity contribution in [1.82, 2.24) is 15.7 Å². The van der Waals surface area contributed by atoms with Gasteiger partial charge in [0.2, 0.25) is 0 Å². The molecular weight excluding hydrogens is 260 g/mol. The van der Waals surface area contributed by atoms with Crippen molar-refractivity contribution >= 4 is 18.0 Å². The zero-order valence-corrected chi connectivity index (χ0v) is 10.4. The van der Waals surface area contributed by atoms with Crippen LogP contribution in [0.25, 0.3) is 0 Å². The summed E-state index contributed by atoms with van der Waals surface area (Å²) in [4.78, 5) is 26.8. The van der Waals surface area contributed by atoms with E-state index in [1.54, 1.807) is 36.7 Å². The fraction of sp³-hybridized carbons (Fsp3) is 0.0769. The Kier molecular flexibility index (Phi) is 4.60. The van der Waals surface area contributed by atoms with Crippen LogP contribution < -0.4 is 10.7 Å². The van der Waals surface area contributed by atoms with E-state index in [4.69, 9.17) is 4.42 Å². The molecule has 2 aromatic rings. The summed E-state index contributed by atoms with van der Waals surface area (Å²) in [6.45, 7) is 0.224. The highest BCUT2D eigenvalue weighted by Crippen LogP contribution is 1.95. The minimum atomic E-state index is -0.850. The van der Waals surface area contributed by atoms with Crippen LogP contribution in [0.4, 0.5) is 0 Å². The van der Waals surface area contributed by atoms with Crippen LogP contribution in [-0.4, -0.2) is 23.0 Å². The first-order valence-corrected chi connectivity index (χ1v) is 5.79. The summed E-state index contributed by atoms with van der Waals surface area (Å²) >= 11 is 0. The van der Waals surface area contributed by atoms with E-state index in [1.807, 2.05) is 0 Å². The average molecular weight is 272 g/mol. The SMILES string of the molecule is O=C(NCc1cccnc1)C(=O)N/N=C\c1ccco1. The van der Waals surface area contributed by atoms with E-state index in [9.17, 15) is 9.59 Å². The molecule has 2 amide bonds. The third-order valence-corrected chi connectivity index (χ3v) is 2.28. The Hall–Kier alpha value is -2.96. The Labute approximate surface area is 114 Å². The van der Waals surface area contributed by atoms with Crippen LogP contribution in [0.15, 0.2) is 52.4 Å². The molecule has 0 fully saturated rings. The van der Waals surface area contributed by atoms with Crippen molar-refractivity contribution in [3.05, 3.63) is 54.2 Å². The molecule has 7 heteroatoms. The van der Waals surface area contributed by atoms with Gasteiger partial charge in [0.1, 0.15) is 5.76 Å². The van der Waals surface area contributed by atoms with Gasteiger partial charge in [-0.05, 0) is 23.8 Å². The van der Waals surface area contributed by atoms with Crippen LogP contribution in [-0.2, 0) is 16.1 Å². The number of pyridine rings is 1. The van der Waals surface area contributed by atoms with Crippen molar-refractivity contribution in [3.63, 3.8) is 0 Å². The summed E-state index contributed by atoms with van der Waals surface area (Å²) in [7, 11) is 0. The second kappa shape index (κ2) is 6.83. The Morgan fingerprint density at radius 1 is 1.30 bits per heavy atom. The van der Waals surface area contributed by atoms with Crippen molar-refractivity contribution in [2.45, 2.75) is 6.54 Å². The summed E-state index contributed by atoms with van der Waals surface area (Å²) in [5, 5.41) is 6.05. The molecule has 2 rings (SSSR count). The van der Waals surface area contributed by atoms with Gasteiger partial charge in [-0.2, -0.15) is 5.10 Å². The monoisotopic (exact) mass is 272 g/mol. The Bertz CT molecular complexity index is 593. The number of rotatable bonds is 4. The standard InChI is InChI=1S/C13H12N4O3/c18-12(15-8-10-3-1-5-14-7-10)13(19)17-16-9-11-4-2-6-20-11/h1-7,9H,8H2,(H,15,18)(H,17,19)/b16-9-. The normalized spacial score (nSPS) is 10.4. The number of hydrogen-bond acceptors (Lipinski definition) is 5. The van der Waals surface area contributed by atoms with E-state index in [-0.39, 0.29) is 6.54 Å². The third-order valence-electron chi connectivity index (χ3n) is 2.28. The molecule has 0 bridgehead atoms. The Balaban J connectivity index is 1.76. The van der Waals surface area contributed by atoms with Gasteiger partial charge in [-0.1, -0.05) is 6.07 Å². The van der Waals surface area contributed by atoms with Crippen LogP contribution >= 0.6 is 0 Å². The number of hydrazone groups is 1. The molecule has 7 nitrogen and oxygen atoms in total. The zero-order chi connectivity index (χ0) is 14.2. The molecule has 0 aliphatic rings. The van der Waals surface area contributed by atoms with E-state index >= 15 is 0 Å². The molecular formula is C13H12N4O3. The molecule has 0 radical (unpaired) electrons. The predicted octanol–water partition coefficient (Wildman–Crippen LogP) is 0.441. The highest BCUT2D eigenvalue weighted by molar-refractivity contribution is 6.35. The van der Waals surface area contributed by atoms with Gasteiger partial charge in [-0.15, -0.1) is 0 Å². The molecule has 0 atom stereocenters. The lowest BCUT2D eigenvalue weighted by Gasteiger charge is -2.03. The maximum absolute atomic E-state index is 11.5. The molecule has 2 heterocycles. The Morgan fingerprint density at radius 3 is 2.90 bits per heavy atom. The molecule has 0 aliphatic carbocycles. The number of carbonyl (C=O) groups excluding carboxylic acids is 2. The highest BCUT2D eigenvalue weighted by Gasteiger charge is 2.11. The lowest BCUT2D eigenvalue weighted by molar-refractivity contribution is -0.139. The summed E-state index contributed by atoms with van der Waals surface area (Å²) in [6, 6.07) is 6.89. The molecule has 2 N–H and O–H groups in total. The van der Waals surface area contributed by atoms with Gasteiger partial charge in [-0.3, -0.25) is 14.6 Å². The number of nitrogens with zero attached hydrogens (tertiary/aromatic N) is 2. The average Bonchev–Trinajstić information content (AvgIpc) is 2.99. The molecule has 20 heavy (non-hydrogen) atoms. The maximum Gasteiger partial charge on any atom is 0.329 e. The fourth-order valence-electron chi connectivity index (χ4n) is 1.34. The summed E-state index contributed by atoms with van der Waals surface area (Å²) in [6.07, 6.45) is 6.00. The lowest BCUT2D eigenvalue weighted by atomic mass is 10.3. The van der Waals surface area contributed by atoms with Gasteiger partial charge >= 0.3 is 11.8 Å². The summed E-state index contributed by atoms with van der Waals surface area (Å²) in [5.74, 6) is -1.15. The van der Waals surface area contributed by atoms with Gasteiger partial charge in [0, 0.05) is 18.9 Å². The van der Waals surface area contributed by atoms with Crippen molar-refractivity contribution in [2.24, 2.45) is 5.10 Å². The van der Waals surface area contributed by atoms with Crippen molar-refractivity contribution in [1.29, 1.82) is 0 Å². The van der Waals surface area contributed by atoms with E-state index in [0.717, 1.165) is 5.56 Å². The van der Waals surface area contributed by atoms with Gasteiger partial charge in [0.05, 0.1) is 12.5 Å². The third kappa shape index (κ3) is 4.05. The number of nitrogens with one attached hydrogen (secondary N) is 2. The number of amides is 2.